The summed E-state index contributed by atoms with van der Waals surface area (Å²) in [6, 6.07) is 2.32. The van der Waals surface area contributed by atoms with Crippen LogP contribution in [0.1, 0.15) is 26.2 Å². The fourth-order valence-corrected chi connectivity index (χ4v) is 1.93. The van der Waals surface area contributed by atoms with Crippen LogP contribution in [0.3, 0.4) is 0 Å². The van der Waals surface area contributed by atoms with Crippen LogP contribution in [0.25, 0.3) is 0 Å². The first-order valence-corrected chi connectivity index (χ1v) is 5.68. The Labute approximate surface area is 95.4 Å². The second-order valence-electron chi connectivity index (χ2n) is 4.19. The van der Waals surface area contributed by atoms with Crippen molar-refractivity contribution in [2.75, 3.05) is 18.2 Å². The first-order valence-electron chi connectivity index (χ1n) is 5.68. The molecule has 0 saturated heterocycles. The van der Waals surface area contributed by atoms with Gasteiger partial charge in [-0.05, 0) is 18.8 Å². The maximum absolute atomic E-state index is 5.58. The Morgan fingerprint density at radius 2 is 2.38 bits per heavy atom. The summed E-state index contributed by atoms with van der Waals surface area (Å²) in [5.74, 6) is 2.29. The molecular weight excluding hydrogens is 204 g/mol. The van der Waals surface area contributed by atoms with Crippen LogP contribution in [0.2, 0.25) is 0 Å². The zero-order valence-electron chi connectivity index (χ0n) is 9.73. The Morgan fingerprint density at radius 1 is 1.56 bits per heavy atom. The molecule has 1 aliphatic carbocycles. The zero-order chi connectivity index (χ0) is 11.5. The number of hydrogen-bond acceptors (Lipinski definition) is 5. The lowest BCUT2D eigenvalue weighted by molar-refractivity contribution is 0.398. The largest absolute Gasteiger partial charge is 0.481 e. The van der Waals surface area contributed by atoms with Crippen LogP contribution in [0.5, 0.6) is 5.88 Å². The Kier molecular flexibility index (Phi) is 3.12. The van der Waals surface area contributed by atoms with Gasteiger partial charge >= 0.3 is 0 Å². The van der Waals surface area contributed by atoms with Crippen LogP contribution in [-0.4, -0.2) is 23.1 Å². The minimum absolute atomic E-state index is 0.245. The van der Waals surface area contributed by atoms with Crippen molar-refractivity contribution in [3.63, 3.8) is 0 Å². The smallest absolute Gasteiger partial charge is 0.225 e. The molecule has 1 saturated carbocycles. The Balaban J connectivity index is 1.97. The van der Waals surface area contributed by atoms with Gasteiger partial charge in [0.05, 0.1) is 7.11 Å². The van der Waals surface area contributed by atoms with E-state index in [1.807, 2.05) is 0 Å². The standard InChI is InChI=1S/C11H18N4O/c1-3-4-7-5-8(7)13-9-6-10(16-2)15-11(12)14-9/h6-8H,3-5H2,1-2H3,(H3,12,13,14,15). The number of nitrogens with zero attached hydrogens (tertiary/aromatic N) is 2. The van der Waals surface area contributed by atoms with Crippen LogP contribution in [0.15, 0.2) is 6.07 Å². The highest BCUT2D eigenvalue weighted by Crippen LogP contribution is 2.37. The lowest BCUT2D eigenvalue weighted by Gasteiger charge is -2.07. The number of hydrogen-bond donors (Lipinski definition) is 2. The van der Waals surface area contributed by atoms with Crippen molar-refractivity contribution in [1.29, 1.82) is 0 Å². The maximum atomic E-state index is 5.58. The summed E-state index contributed by atoms with van der Waals surface area (Å²) in [6.07, 6.45) is 3.73. The fraction of sp³-hybridized carbons (Fsp3) is 0.636. The van der Waals surface area contributed by atoms with E-state index in [0.717, 1.165) is 11.7 Å². The van der Waals surface area contributed by atoms with Gasteiger partial charge in [-0.2, -0.15) is 9.97 Å². The molecule has 0 bridgehead atoms. The Bertz CT molecular complexity index is 369. The fourth-order valence-electron chi connectivity index (χ4n) is 1.93. The molecule has 1 fully saturated rings. The number of aromatic nitrogens is 2. The highest BCUT2D eigenvalue weighted by molar-refractivity contribution is 5.44. The Hall–Kier alpha value is -1.52. The molecule has 2 atom stereocenters. The van der Waals surface area contributed by atoms with E-state index in [-0.39, 0.29) is 5.95 Å². The van der Waals surface area contributed by atoms with Crippen LogP contribution in [-0.2, 0) is 0 Å². The van der Waals surface area contributed by atoms with Gasteiger partial charge in [0.15, 0.2) is 0 Å². The van der Waals surface area contributed by atoms with Gasteiger partial charge < -0.3 is 15.8 Å². The molecule has 1 aromatic heterocycles. The predicted molar refractivity (Wildman–Crippen MR) is 63.4 cm³/mol. The predicted octanol–water partition coefficient (Wildman–Crippen LogP) is 1.67. The van der Waals surface area contributed by atoms with Gasteiger partial charge in [-0.3, -0.25) is 0 Å². The van der Waals surface area contributed by atoms with Crippen LogP contribution in [0.4, 0.5) is 11.8 Å². The molecule has 16 heavy (non-hydrogen) atoms. The van der Waals surface area contributed by atoms with Gasteiger partial charge in [-0.1, -0.05) is 13.3 Å². The van der Waals surface area contributed by atoms with Gasteiger partial charge in [-0.15, -0.1) is 0 Å². The SMILES string of the molecule is CCCC1CC1Nc1cc(OC)nc(N)n1. The average molecular weight is 222 g/mol. The highest BCUT2D eigenvalue weighted by atomic mass is 16.5. The van der Waals surface area contributed by atoms with E-state index < -0.39 is 0 Å². The summed E-state index contributed by atoms with van der Waals surface area (Å²) in [7, 11) is 1.57. The summed E-state index contributed by atoms with van der Waals surface area (Å²) in [5.41, 5.74) is 5.58. The summed E-state index contributed by atoms with van der Waals surface area (Å²) < 4.78 is 5.04. The molecule has 2 unspecified atom stereocenters. The van der Waals surface area contributed by atoms with Gasteiger partial charge in [0.2, 0.25) is 11.8 Å². The number of nitrogens with one attached hydrogen (secondary N) is 1. The third kappa shape index (κ3) is 2.53. The first-order chi connectivity index (χ1) is 7.72. The molecule has 0 amide bonds. The van der Waals surface area contributed by atoms with Gasteiger partial charge in [0.25, 0.3) is 0 Å². The van der Waals surface area contributed by atoms with E-state index in [0.29, 0.717) is 11.9 Å². The van der Waals surface area contributed by atoms with Crippen molar-refractivity contribution in [2.45, 2.75) is 32.2 Å². The number of anilines is 2. The lowest BCUT2D eigenvalue weighted by Crippen LogP contribution is -2.08. The lowest BCUT2D eigenvalue weighted by atomic mass is 10.2. The molecule has 0 radical (unpaired) electrons. The quantitative estimate of drug-likeness (QED) is 0.792. The molecule has 5 heteroatoms. The topological polar surface area (TPSA) is 73.1 Å². The summed E-state index contributed by atoms with van der Waals surface area (Å²) >= 11 is 0. The number of ether oxygens (including phenoxy) is 1. The van der Waals surface area contributed by atoms with Crippen LogP contribution >= 0.6 is 0 Å². The second kappa shape index (κ2) is 4.55. The molecule has 0 aliphatic heterocycles. The van der Waals surface area contributed by atoms with Gasteiger partial charge in [-0.25, -0.2) is 0 Å². The normalized spacial score (nSPS) is 22.9. The van der Waals surface area contributed by atoms with Crippen molar-refractivity contribution >= 4 is 11.8 Å². The molecular formula is C11H18N4O. The zero-order valence-corrected chi connectivity index (χ0v) is 9.73. The van der Waals surface area contributed by atoms with Crippen molar-refractivity contribution in [3.8, 4) is 5.88 Å². The molecule has 3 N–H and O–H groups in total. The number of nitrogen functional groups attached to an aromatic ring is 1. The Morgan fingerprint density at radius 3 is 3.06 bits per heavy atom. The minimum Gasteiger partial charge on any atom is -0.481 e. The van der Waals surface area contributed by atoms with Crippen molar-refractivity contribution in [2.24, 2.45) is 5.92 Å². The van der Waals surface area contributed by atoms with Crippen molar-refractivity contribution in [3.05, 3.63) is 6.07 Å². The van der Waals surface area contributed by atoms with E-state index in [1.54, 1.807) is 13.2 Å². The van der Waals surface area contributed by atoms with E-state index in [4.69, 9.17) is 10.5 Å². The third-order valence-corrected chi connectivity index (χ3v) is 2.84. The van der Waals surface area contributed by atoms with Crippen LogP contribution < -0.4 is 15.8 Å². The molecule has 88 valence electrons. The van der Waals surface area contributed by atoms with Crippen molar-refractivity contribution in [1.82, 2.24) is 9.97 Å². The monoisotopic (exact) mass is 222 g/mol. The van der Waals surface area contributed by atoms with E-state index in [9.17, 15) is 0 Å². The number of methoxy groups -OCH3 is 1. The summed E-state index contributed by atoms with van der Waals surface area (Å²) in [6.45, 7) is 2.21. The minimum atomic E-state index is 0.245. The number of rotatable bonds is 5. The summed E-state index contributed by atoms with van der Waals surface area (Å²) in [5, 5.41) is 3.36. The molecule has 0 aromatic carbocycles. The molecule has 1 aromatic rings. The van der Waals surface area contributed by atoms with Gasteiger partial charge in [0.1, 0.15) is 5.82 Å². The molecule has 0 spiro atoms. The van der Waals surface area contributed by atoms with E-state index >= 15 is 0 Å². The third-order valence-electron chi connectivity index (χ3n) is 2.84. The van der Waals surface area contributed by atoms with E-state index in [2.05, 4.69) is 22.2 Å². The first kappa shape index (κ1) is 11.0. The highest BCUT2D eigenvalue weighted by Gasteiger charge is 2.36. The van der Waals surface area contributed by atoms with Crippen LogP contribution in [0, 0.1) is 5.92 Å². The molecule has 5 nitrogen and oxygen atoms in total. The second-order valence-corrected chi connectivity index (χ2v) is 4.19. The molecule has 1 aliphatic rings. The van der Waals surface area contributed by atoms with Gasteiger partial charge in [0, 0.05) is 12.1 Å². The number of nitrogens with two attached hydrogens (primary N) is 1. The average Bonchev–Trinajstić information content (AvgIpc) is 2.96. The van der Waals surface area contributed by atoms with E-state index in [1.165, 1.54) is 19.3 Å². The maximum Gasteiger partial charge on any atom is 0.225 e. The summed E-state index contributed by atoms with van der Waals surface area (Å²) in [4.78, 5) is 8.07. The molecule has 2 rings (SSSR count). The molecule has 1 heterocycles. The van der Waals surface area contributed by atoms with Crippen molar-refractivity contribution < 1.29 is 4.74 Å².